The molecule has 0 aromatic heterocycles. The van der Waals surface area contributed by atoms with Crippen molar-refractivity contribution < 1.29 is 38.1 Å². The topological polar surface area (TPSA) is 118 Å². The Balaban J connectivity index is 2.19. The highest BCUT2D eigenvalue weighted by Crippen LogP contribution is 2.43. The zero-order valence-corrected chi connectivity index (χ0v) is 55.1. The molecule has 0 unspecified atom stereocenters. The lowest BCUT2D eigenvalue weighted by Gasteiger charge is -2.36. The van der Waals surface area contributed by atoms with Gasteiger partial charge in [-0.3, -0.25) is 0 Å². The summed E-state index contributed by atoms with van der Waals surface area (Å²) in [6, 6.07) is 18.0. The van der Waals surface area contributed by atoms with Crippen molar-refractivity contribution in [2.75, 3.05) is 26.4 Å². The molecule has 0 amide bonds. The Labute approximate surface area is 466 Å². The summed E-state index contributed by atoms with van der Waals surface area (Å²) < 4.78 is 28.4. The monoisotopic (exact) mass is 1110 g/mol. The van der Waals surface area contributed by atoms with Gasteiger partial charge in [0.2, 0.25) is 33.3 Å². The van der Waals surface area contributed by atoms with E-state index in [4.69, 9.17) is 18.9 Å². The Bertz CT molecular complexity index is 2090. The van der Waals surface area contributed by atoms with Crippen molar-refractivity contribution in [2.45, 2.75) is 234 Å². The van der Waals surface area contributed by atoms with Crippen LogP contribution in [-0.2, 0) is 25.7 Å². The highest BCUT2D eigenvalue weighted by molar-refractivity contribution is 6.89. The summed E-state index contributed by atoms with van der Waals surface area (Å²) in [5.41, 5.74) is 8.03. The second-order valence-electron chi connectivity index (χ2n) is 25.1. The summed E-state index contributed by atoms with van der Waals surface area (Å²) >= 11 is 0. The van der Waals surface area contributed by atoms with Crippen molar-refractivity contribution in [1.82, 2.24) is 0 Å². The third-order valence-electron chi connectivity index (χ3n) is 17.2. The van der Waals surface area contributed by atoms with Crippen LogP contribution in [0.5, 0.6) is 23.0 Å². The first-order chi connectivity index (χ1) is 35.6. The quantitative estimate of drug-likeness (QED) is 0.0452. The zero-order valence-electron chi connectivity index (χ0n) is 51.1. The molecule has 424 valence electrons. The van der Waals surface area contributed by atoms with Crippen LogP contribution in [-0.4, -0.2) is 78.9 Å². The number of hydrogen-bond acceptors (Lipinski definition) is 8. The van der Waals surface area contributed by atoms with E-state index < -0.39 is 33.3 Å². The van der Waals surface area contributed by atoms with E-state index in [1.807, 2.05) is 0 Å². The third-order valence-corrected chi connectivity index (χ3v) is 36.1. The largest absolute Gasteiger partial charge is 0.493 e. The Morgan fingerprint density at radius 3 is 0.526 bits per heavy atom. The van der Waals surface area contributed by atoms with Gasteiger partial charge in [0.15, 0.2) is 0 Å². The highest BCUT2D eigenvalue weighted by Gasteiger charge is 2.46. The molecular weight excluding hydrogens is 1010 g/mol. The molecule has 8 nitrogen and oxygen atoms in total. The number of fused-ring (bicyclic) bond motifs is 8. The molecule has 0 spiro atoms. The van der Waals surface area contributed by atoms with E-state index in [0.717, 1.165) is 114 Å². The van der Waals surface area contributed by atoms with E-state index in [0.29, 0.717) is 52.1 Å². The van der Waals surface area contributed by atoms with Gasteiger partial charge in [0, 0.05) is 25.7 Å². The molecule has 0 saturated carbocycles. The fourth-order valence-electron chi connectivity index (χ4n) is 12.7. The van der Waals surface area contributed by atoms with E-state index in [2.05, 4.69) is 187 Å². The molecule has 0 fully saturated rings. The van der Waals surface area contributed by atoms with Crippen LogP contribution >= 0.6 is 0 Å². The molecule has 0 radical (unpaired) electrons. The molecule has 0 heterocycles. The lowest BCUT2D eigenvalue weighted by Crippen LogP contribution is -2.54. The SMILES string of the molecule is CCCOc1c2cc([Si](O)(C(C)C)C(C)C)cc1Cc1cc([Si](O)(C(C)C)C(C)C)cc(c1OCCC)Cc1cc([Si](O)(C(C)C)C(C)C)cc(c1OCCC)Cc1cc([Si](O)(C(C)C)C(C)C)cc(c1OCCC)C2. The molecule has 8 bridgehead atoms. The number of ether oxygens (including phenoxy) is 4. The Kier molecular flexibility index (Phi) is 22.1. The molecule has 76 heavy (non-hydrogen) atoms. The number of rotatable bonds is 24. The van der Waals surface area contributed by atoms with Crippen LogP contribution in [0.15, 0.2) is 48.5 Å². The van der Waals surface area contributed by atoms with Crippen molar-refractivity contribution in [3.8, 4) is 23.0 Å². The minimum atomic E-state index is -3.18. The van der Waals surface area contributed by atoms with Crippen LogP contribution in [0.4, 0.5) is 0 Å². The maximum Gasteiger partial charge on any atom is 0.225 e. The molecule has 1 aliphatic rings. The molecule has 4 N–H and O–H groups in total. The Morgan fingerprint density at radius 2 is 0.421 bits per heavy atom. The normalized spacial score (nSPS) is 13.9. The van der Waals surface area contributed by atoms with E-state index >= 15 is 0 Å². The van der Waals surface area contributed by atoms with E-state index in [-0.39, 0.29) is 44.3 Å². The molecular formula is C64H104O8Si4. The van der Waals surface area contributed by atoms with Gasteiger partial charge in [-0.2, -0.15) is 0 Å². The lowest BCUT2D eigenvalue weighted by atomic mass is 9.91. The van der Waals surface area contributed by atoms with Crippen molar-refractivity contribution in [3.05, 3.63) is 93.0 Å². The maximum absolute atomic E-state index is 13.3. The summed E-state index contributed by atoms with van der Waals surface area (Å²) in [6.07, 6.45) is 5.00. The zero-order chi connectivity index (χ0) is 56.8. The third kappa shape index (κ3) is 12.7. The minimum absolute atomic E-state index is 0.0246. The van der Waals surface area contributed by atoms with Gasteiger partial charge in [-0.15, -0.1) is 0 Å². The predicted octanol–water partition coefficient (Wildman–Crippen LogP) is 13.4. The van der Waals surface area contributed by atoms with Gasteiger partial charge in [0.1, 0.15) is 23.0 Å². The van der Waals surface area contributed by atoms with Gasteiger partial charge >= 0.3 is 0 Å². The summed E-state index contributed by atoms with van der Waals surface area (Å²) in [5, 5.41) is 3.91. The molecule has 4 aromatic rings. The highest BCUT2D eigenvalue weighted by atomic mass is 28.4. The van der Waals surface area contributed by atoms with Crippen molar-refractivity contribution >= 4 is 54.0 Å². The van der Waals surface area contributed by atoms with Crippen molar-refractivity contribution in [1.29, 1.82) is 0 Å². The summed E-state index contributed by atoms with van der Waals surface area (Å²) in [6.45, 7) is 45.3. The molecule has 0 atom stereocenters. The number of benzene rings is 4. The second kappa shape index (κ2) is 26.4. The van der Waals surface area contributed by atoms with Gasteiger partial charge in [-0.1, -0.05) is 187 Å². The molecule has 4 aromatic carbocycles. The van der Waals surface area contributed by atoms with E-state index in [1.54, 1.807) is 0 Å². The first kappa shape index (κ1) is 63.6. The lowest BCUT2D eigenvalue weighted by molar-refractivity contribution is 0.305. The summed E-state index contributed by atoms with van der Waals surface area (Å²) in [7, 11) is -12.7. The average Bonchev–Trinajstić information content (AvgIpc) is 3.35. The first-order valence-electron chi connectivity index (χ1n) is 29.7. The van der Waals surface area contributed by atoms with Crippen LogP contribution in [0.1, 0.15) is 209 Å². The molecule has 0 saturated heterocycles. The number of hydrogen-bond donors (Lipinski definition) is 4. The fraction of sp³-hybridized carbons (Fsp3) is 0.625. The Hall–Kier alpha value is -3.21. The van der Waals surface area contributed by atoms with Gasteiger partial charge in [-0.25, -0.2) is 0 Å². The molecule has 0 aliphatic heterocycles. The van der Waals surface area contributed by atoms with Crippen LogP contribution < -0.4 is 39.7 Å². The van der Waals surface area contributed by atoms with Crippen LogP contribution in [0.2, 0.25) is 44.3 Å². The van der Waals surface area contributed by atoms with Crippen molar-refractivity contribution in [3.63, 3.8) is 0 Å². The van der Waals surface area contributed by atoms with Crippen molar-refractivity contribution in [2.24, 2.45) is 0 Å². The van der Waals surface area contributed by atoms with Gasteiger partial charge in [0.25, 0.3) is 0 Å². The molecule has 1 aliphatic carbocycles. The first-order valence-corrected chi connectivity index (χ1v) is 38.1. The Morgan fingerprint density at radius 1 is 0.289 bits per heavy atom. The molecule has 12 heteroatoms. The van der Waals surface area contributed by atoms with Gasteiger partial charge in [0.05, 0.1) is 26.4 Å². The van der Waals surface area contributed by atoms with E-state index in [9.17, 15) is 19.2 Å². The van der Waals surface area contributed by atoms with Crippen LogP contribution in [0.25, 0.3) is 0 Å². The molecule has 5 rings (SSSR count). The fourth-order valence-corrected chi connectivity index (χ4v) is 26.6. The summed E-state index contributed by atoms with van der Waals surface area (Å²) in [5.74, 6) is 3.22. The standard InChI is InChI=1S/C64H104O8Si4/c1-21-25-69-61-49-29-51-35-58(74(66,43(9)10)44(11)12)37-53(62(51)70-26-22-2)31-55-39-60(76(68,47(17)18)48(19)20)40-56(64(55)72-28-24-4)32-54-38-59(75(67,45(13)14)46(15)16)36-52(63(54)71-27-23-3)30-50(61)34-57(33-49)73(65,41(5)6)42(7)8/h33-48,65-68H,21-32H2,1-20H3. The van der Waals surface area contributed by atoms with Crippen LogP contribution in [0, 0.1) is 0 Å². The van der Waals surface area contributed by atoms with Gasteiger partial charge < -0.3 is 38.1 Å². The smallest absolute Gasteiger partial charge is 0.225 e. The summed E-state index contributed by atoms with van der Waals surface area (Å²) in [4.78, 5) is 53.0. The second-order valence-corrected chi connectivity index (χ2v) is 43.3. The maximum atomic E-state index is 13.3. The van der Waals surface area contributed by atoms with E-state index in [1.165, 1.54) is 0 Å². The average molecular weight is 1110 g/mol. The minimum Gasteiger partial charge on any atom is -0.493 e. The van der Waals surface area contributed by atoms with Gasteiger partial charge in [-0.05, 0) is 135 Å². The van der Waals surface area contributed by atoms with Crippen LogP contribution in [0.3, 0.4) is 0 Å². The predicted molar refractivity (Wildman–Crippen MR) is 331 cm³/mol.